The van der Waals surface area contributed by atoms with E-state index in [4.69, 9.17) is 21.7 Å². The number of ether oxygens (including phenoxy) is 2. The predicted molar refractivity (Wildman–Crippen MR) is 85.5 cm³/mol. The number of H-pyrrole nitrogens is 1. The van der Waals surface area contributed by atoms with Gasteiger partial charge in [-0.2, -0.15) is 0 Å². The van der Waals surface area contributed by atoms with Gasteiger partial charge in [0, 0.05) is 40.0 Å². The molecular formula is C14H26N4O2S. The van der Waals surface area contributed by atoms with Crippen LogP contribution >= 0.6 is 12.2 Å². The number of nitrogens with one attached hydrogen (secondary N) is 1. The number of hydrogen-bond acceptors (Lipinski definition) is 5. The number of aromatic nitrogens is 3. The maximum Gasteiger partial charge on any atom is 0.226 e. The van der Waals surface area contributed by atoms with Crippen molar-refractivity contribution in [3.8, 4) is 0 Å². The third-order valence-electron chi connectivity index (χ3n) is 4.00. The summed E-state index contributed by atoms with van der Waals surface area (Å²) in [7, 11) is 3.45. The van der Waals surface area contributed by atoms with E-state index in [1.54, 1.807) is 14.2 Å². The highest BCUT2D eigenvalue weighted by Crippen LogP contribution is 2.32. The van der Waals surface area contributed by atoms with Crippen molar-refractivity contribution in [2.24, 2.45) is 0 Å². The monoisotopic (exact) mass is 314 g/mol. The van der Waals surface area contributed by atoms with Gasteiger partial charge < -0.3 is 14.4 Å². The zero-order chi connectivity index (χ0) is 15.1. The highest BCUT2D eigenvalue weighted by molar-refractivity contribution is 7.71. The first kappa shape index (κ1) is 16.5. The van der Waals surface area contributed by atoms with Crippen LogP contribution in [0, 0.1) is 4.77 Å². The lowest BCUT2D eigenvalue weighted by Gasteiger charge is -2.25. The molecule has 1 saturated carbocycles. The van der Waals surface area contributed by atoms with E-state index in [0.717, 1.165) is 36.8 Å². The molecule has 0 amide bonds. The lowest BCUT2D eigenvalue weighted by Crippen LogP contribution is -2.32. The van der Waals surface area contributed by atoms with E-state index in [9.17, 15) is 0 Å². The van der Waals surface area contributed by atoms with Crippen LogP contribution in [-0.4, -0.2) is 55.3 Å². The third-order valence-corrected chi connectivity index (χ3v) is 4.29. The van der Waals surface area contributed by atoms with E-state index >= 15 is 0 Å². The summed E-state index contributed by atoms with van der Waals surface area (Å²) in [5, 5.41) is 7.43. The van der Waals surface area contributed by atoms with Gasteiger partial charge in [0.1, 0.15) is 0 Å². The molecule has 1 aromatic heterocycles. The Kier molecular flexibility index (Phi) is 6.66. The first-order valence-corrected chi connectivity index (χ1v) is 8.08. The molecule has 1 heterocycles. The van der Waals surface area contributed by atoms with E-state index in [1.807, 2.05) is 0 Å². The topological polar surface area (TPSA) is 55.3 Å². The Morgan fingerprint density at radius 1 is 1.24 bits per heavy atom. The van der Waals surface area contributed by atoms with Crippen LogP contribution in [-0.2, 0) is 9.47 Å². The van der Waals surface area contributed by atoms with Gasteiger partial charge in [0.25, 0.3) is 0 Å². The Morgan fingerprint density at radius 3 is 2.62 bits per heavy atom. The number of methoxy groups -OCH3 is 2. The molecule has 1 fully saturated rings. The van der Waals surface area contributed by atoms with Gasteiger partial charge in [0.2, 0.25) is 5.95 Å². The molecule has 2 rings (SSSR count). The number of aromatic amines is 1. The first-order valence-electron chi connectivity index (χ1n) is 7.67. The van der Waals surface area contributed by atoms with Crippen LogP contribution in [0.5, 0.6) is 0 Å². The quantitative estimate of drug-likeness (QED) is 0.561. The van der Waals surface area contributed by atoms with E-state index in [-0.39, 0.29) is 0 Å². The fourth-order valence-electron chi connectivity index (χ4n) is 2.92. The van der Waals surface area contributed by atoms with Crippen molar-refractivity contribution in [2.45, 2.75) is 38.1 Å². The van der Waals surface area contributed by atoms with Crippen molar-refractivity contribution in [1.29, 1.82) is 0 Å². The van der Waals surface area contributed by atoms with Crippen molar-refractivity contribution in [2.75, 3.05) is 45.4 Å². The molecule has 0 radical (unpaired) electrons. The highest BCUT2D eigenvalue weighted by Gasteiger charge is 2.23. The second-order valence-corrected chi connectivity index (χ2v) is 5.85. The van der Waals surface area contributed by atoms with Gasteiger partial charge in [-0.05, 0) is 31.5 Å². The number of hydrogen-bond donors (Lipinski definition) is 1. The summed E-state index contributed by atoms with van der Waals surface area (Å²) in [6.45, 7) is 3.13. The lowest BCUT2D eigenvalue weighted by molar-refractivity contribution is 0.190. The van der Waals surface area contributed by atoms with Crippen LogP contribution in [0.4, 0.5) is 5.95 Å². The van der Waals surface area contributed by atoms with Crippen molar-refractivity contribution in [3.63, 3.8) is 0 Å². The van der Waals surface area contributed by atoms with Gasteiger partial charge in [-0.15, -0.1) is 5.10 Å². The summed E-state index contributed by atoms with van der Waals surface area (Å²) in [6.07, 6.45) is 5.90. The van der Waals surface area contributed by atoms with Gasteiger partial charge in [-0.3, -0.25) is 4.57 Å². The molecule has 0 atom stereocenters. The largest absolute Gasteiger partial charge is 0.385 e. The minimum Gasteiger partial charge on any atom is -0.385 e. The zero-order valence-electron chi connectivity index (χ0n) is 13.0. The molecule has 0 bridgehead atoms. The Morgan fingerprint density at radius 2 is 1.95 bits per heavy atom. The molecule has 0 aromatic carbocycles. The summed E-state index contributed by atoms with van der Waals surface area (Å²) in [4.78, 5) is 2.24. The molecule has 1 aliphatic rings. The van der Waals surface area contributed by atoms with Crippen LogP contribution < -0.4 is 4.90 Å². The third kappa shape index (κ3) is 4.28. The lowest BCUT2D eigenvalue weighted by atomic mass is 10.2. The molecule has 7 heteroatoms. The average Bonchev–Trinajstić information content (AvgIpc) is 3.12. The molecule has 120 valence electrons. The van der Waals surface area contributed by atoms with Gasteiger partial charge in [-0.25, -0.2) is 5.10 Å². The van der Waals surface area contributed by atoms with Gasteiger partial charge in [-0.1, -0.05) is 12.8 Å². The summed E-state index contributed by atoms with van der Waals surface area (Å²) in [6, 6.07) is 0.485. The van der Waals surface area contributed by atoms with Gasteiger partial charge in [0.15, 0.2) is 4.77 Å². The van der Waals surface area contributed by atoms with Crippen LogP contribution in [0.2, 0.25) is 0 Å². The van der Waals surface area contributed by atoms with Gasteiger partial charge in [0.05, 0.1) is 6.61 Å². The minimum atomic E-state index is 0.485. The maximum absolute atomic E-state index is 5.44. The summed E-state index contributed by atoms with van der Waals surface area (Å²) in [5.41, 5.74) is 0. The maximum atomic E-state index is 5.44. The number of rotatable bonds is 9. The second-order valence-electron chi connectivity index (χ2n) is 5.46. The Labute approximate surface area is 131 Å². The fourth-order valence-corrected chi connectivity index (χ4v) is 3.20. The summed E-state index contributed by atoms with van der Waals surface area (Å²) in [5.74, 6) is 0.944. The molecule has 6 nitrogen and oxygen atoms in total. The van der Waals surface area contributed by atoms with Crippen molar-refractivity contribution >= 4 is 18.2 Å². The molecule has 0 saturated heterocycles. The molecule has 21 heavy (non-hydrogen) atoms. The van der Waals surface area contributed by atoms with Crippen molar-refractivity contribution in [1.82, 2.24) is 14.8 Å². The van der Waals surface area contributed by atoms with Crippen LogP contribution in [0.15, 0.2) is 0 Å². The SMILES string of the molecule is COCCCN(CCOC)c1n[nH]c(=S)n1C1CCCC1. The van der Waals surface area contributed by atoms with E-state index in [2.05, 4.69) is 19.7 Å². The van der Waals surface area contributed by atoms with Gasteiger partial charge >= 0.3 is 0 Å². The van der Waals surface area contributed by atoms with E-state index in [0.29, 0.717) is 12.6 Å². The summed E-state index contributed by atoms with van der Waals surface area (Å²) < 4.78 is 13.3. The van der Waals surface area contributed by atoms with Crippen LogP contribution in [0.25, 0.3) is 0 Å². The molecule has 1 N–H and O–H groups in total. The smallest absolute Gasteiger partial charge is 0.226 e. The Hall–Kier alpha value is -0.920. The highest BCUT2D eigenvalue weighted by atomic mass is 32.1. The predicted octanol–water partition coefficient (Wildman–Crippen LogP) is 2.55. The van der Waals surface area contributed by atoms with Crippen LogP contribution in [0.1, 0.15) is 38.1 Å². The molecule has 0 spiro atoms. The first-order chi connectivity index (χ1) is 10.3. The van der Waals surface area contributed by atoms with E-state index in [1.165, 1.54) is 25.7 Å². The average molecular weight is 314 g/mol. The number of anilines is 1. The minimum absolute atomic E-state index is 0.485. The van der Waals surface area contributed by atoms with Crippen molar-refractivity contribution in [3.05, 3.63) is 4.77 Å². The summed E-state index contributed by atoms with van der Waals surface area (Å²) >= 11 is 5.44. The zero-order valence-corrected chi connectivity index (χ0v) is 13.8. The molecular weight excluding hydrogens is 288 g/mol. The second kappa shape index (κ2) is 8.51. The fraction of sp³-hybridized carbons (Fsp3) is 0.857. The standard InChI is InChI=1S/C14H26N4O2S/c1-19-10-5-8-17(9-11-20-2)13-15-16-14(21)18(13)12-6-3-4-7-12/h12H,3-11H2,1-2H3,(H,16,21). The Balaban J connectivity index is 2.15. The molecule has 1 aliphatic carbocycles. The molecule has 0 aliphatic heterocycles. The normalized spacial score (nSPS) is 15.7. The Bertz CT molecular complexity index is 468. The van der Waals surface area contributed by atoms with Crippen molar-refractivity contribution < 1.29 is 9.47 Å². The number of nitrogens with zero attached hydrogens (tertiary/aromatic N) is 3. The molecule has 1 aromatic rings. The van der Waals surface area contributed by atoms with E-state index < -0.39 is 0 Å². The molecule has 0 unspecified atom stereocenters. The van der Waals surface area contributed by atoms with Crippen LogP contribution in [0.3, 0.4) is 0 Å².